The molecule has 5 aromatic rings. The van der Waals surface area contributed by atoms with Crippen molar-refractivity contribution in [1.29, 1.82) is 0 Å². The monoisotopic (exact) mass is 842 g/mol. The van der Waals surface area contributed by atoms with E-state index in [4.69, 9.17) is 32.8 Å². The molecule has 62 heavy (non-hydrogen) atoms. The molecule has 1 aromatic heterocycles. The number of ether oxygens (including phenoxy) is 6. The first-order valence-electron chi connectivity index (χ1n) is 22.0. The molecule has 4 aromatic carbocycles. The summed E-state index contributed by atoms with van der Waals surface area (Å²) >= 11 is 0. The number of hydrogen-bond donors (Lipinski definition) is 1. The minimum Gasteiger partial charge on any atom is -0.493 e. The lowest BCUT2D eigenvalue weighted by Gasteiger charge is -2.49. The van der Waals surface area contributed by atoms with E-state index in [0.717, 1.165) is 89.1 Å². The first-order chi connectivity index (χ1) is 30.3. The molecule has 4 aliphatic heterocycles. The largest absolute Gasteiger partial charge is 0.493 e. The van der Waals surface area contributed by atoms with E-state index in [0.29, 0.717) is 42.7 Å². The fourth-order valence-corrected chi connectivity index (χ4v) is 10.6. The van der Waals surface area contributed by atoms with Crippen LogP contribution < -0.4 is 18.9 Å². The number of nitrogens with zero attached hydrogens (tertiary/aromatic N) is 2. The van der Waals surface area contributed by atoms with Crippen LogP contribution in [0.2, 0.25) is 0 Å². The second kappa shape index (κ2) is 18.1. The summed E-state index contributed by atoms with van der Waals surface area (Å²) in [6, 6.07) is 24.2. The maximum Gasteiger partial charge on any atom is 0.289 e. The van der Waals surface area contributed by atoms with Crippen molar-refractivity contribution in [2.24, 2.45) is 11.8 Å². The van der Waals surface area contributed by atoms with Crippen molar-refractivity contribution in [3.63, 3.8) is 0 Å². The van der Waals surface area contributed by atoms with Crippen molar-refractivity contribution in [3.05, 3.63) is 130 Å². The molecule has 0 saturated carbocycles. The molecule has 0 aliphatic carbocycles. The highest BCUT2D eigenvalue weighted by molar-refractivity contribution is 5.93. The number of aliphatic hydroxyl groups is 1. The SMILES string of the molecule is CC[C@H]1CN2CCc3cc(OC)c(OC)cc3[C@@H]2C[C@@H]1C[C@@H]1c2cc(OC)c(OC)cc2CCN1C(=O)C1=C[C@H](c2coc3ccccc23)C[C@H](OCc2ccc(CO)cc2)O1. The summed E-state index contributed by atoms with van der Waals surface area (Å²) in [7, 11) is 6.73. The number of para-hydroxylation sites is 1. The summed E-state index contributed by atoms with van der Waals surface area (Å²) < 4.78 is 42.3. The molecule has 9 rings (SSSR count). The number of allylic oxidation sites excluding steroid dienone is 1. The Bertz CT molecular complexity index is 2420. The summed E-state index contributed by atoms with van der Waals surface area (Å²) in [6.07, 6.45) is 8.03. The highest BCUT2D eigenvalue weighted by Gasteiger charge is 2.43. The molecular weight excluding hydrogens is 785 g/mol. The van der Waals surface area contributed by atoms with Crippen LogP contribution in [-0.4, -0.2) is 75.2 Å². The number of fused-ring (bicyclic) bond motifs is 5. The molecule has 1 fully saturated rings. The van der Waals surface area contributed by atoms with E-state index in [1.807, 2.05) is 53.4 Å². The highest BCUT2D eigenvalue weighted by Crippen LogP contribution is 2.50. The Morgan fingerprint density at radius 1 is 0.774 bits per heavy atom. The van der Waals surface area contributed by atoms with Crippen molar-refractivity contribution in [3.8, 4) is 23.0 Å². The van der Waals surface area contributed by atoms with Crippen molar-refractivity contribution in [2.75, 3.05) is 48.1 Å². The minimum absolute atomic E-state index is 0.0243. The summed E-state index contributed by atoms with van der Waals surface area (Å²) in [5, 5.41) is 10.6. The Hall–Kier alpha value is -5.49. The number of aliphatic hydroxyl groups excluding tert-OH is 1. The third-order valence-corrected chi connectivity index (χ3v) is 13.9. The van der Waals surface area contributed by atoms with Crippen molar-refractivity contribution >= 4 is 16.9 Å². The van der Waals surface area contributed by atoms with Gasteiger partial charge in [0.05, 0.1) is 54.0 Å². The topological polar surface area (TPSA) is 112 Å². The lowest BCUT2D eigenvalue weighted by Crippen LogP contribution is -2.48. The number of amides is 1. The molecule has 6 atom stereocenters. The van der Waals surface area contributed by atoms with Crippen molar-refractivity contribution < 1.29 is 42.7 Å². The Morgan fingerprint density at radius 3 is 2.15 bits per heavy atom. The van der Waals surface area contributed by atoms with Gasteiger partial charge in [-0.25, -0.2) is 0 Å². The van der Waals surface area contributed by atoms with E-state index >= 15 is 4.79 Å². The molecule has 4 aliphatic rings. The molecule has 326 valence electrons. The minimum atomic E-state index is -0.689. The number of rotatable bonds is 13. The lowest BCUT2D eigenvalue weighted by molar-refractivity contribution is -0.158. The zero-order valence-corrected chi connectivity index (χ0v) is 36.4. The number of carbonyl (C=O) groups excluding carboxylic acids is 1. The Kier molecular flexibility index (Phi) is 12.2. The van der Waals surface area contributed by atoms with Gasteiger partial charge in [0.25, 0.3) is 5.91 Å². The standard InChI is InChI=1S/C51H58N2O9/c1-6-33-27-52-17-15-34-21-45(56-2)47(58-4)25-39(34)42(52)19-36(33)20-43-40-26-48(59-5)46(57-3)22-35(40)16-18-53(43)51(55)49-23-37(41-30-60-44-10-8-7-9-38(41)44)24-50(62-49)61-29-32-13-11-31(28-54)12-14-32/h7-14,21-23,25-26,30,33,36-37,42-43,50,54H,6,15-20,24,27-29H2,1-5H3/t33-,36+,37-,42-,43+,50+/m0/s1. The third-order valence-electron chi connectivity index (χ3n) is 13.9. The normalized spacial score (nSPS) is 23.4. The highest BCUT2D eigenvalue weighted by atomic mass is 16.7. The van der Waals surface area contributed by atoms with Crippen molar-refractivity contribution in [1.82, 2.24) is 9.80 Å². The summed E-state index contributed by atoms with van der Waals surface area (Å²) in [6.45, 7) is 5.08. The molecule has 11 heteroatoms. The second-order valence-electron chi connectivity index (χ2n) is 17.1. The maximum absolute atomic E-state index is 15.4. The smallest absolute Gasteiger partial charge is 0.289 e. The van der Waals surface area contributed by atoms with Gasteiger partial charge < -0.3 is 42.8 Å². The first kappa shape index (κ1) is 41.8. The molecule has 1 N–H and O–H groups in total. The Morgan fingerprint density at radius 2 is 1.44 bits per heavy atom. The zero-order chi connectivity index (χ0) is 42.9. The number of carbonyl (C=O) groups is 1. The average molecular weight is 843 g/mol. The number of piperidine rings is 1. The fourth-order valence-electron chi connectivity index (χ4n) is 10.6. The van der Waals surface area contributed by atoms with E-state index in [9.17, 15) is 5.11 Å². The molecule has 1 amide bonds. The van der Waals surface area contributed by atoms with Gasteiger partial charge in [0, 0.05) is 49.0 Å². The molecular formula is C51H58N2O9. The van der Waals surface area contributed by atoms with Crippen LogP contribution in [0, 0.1) is 11.8 Å². The molecule has 1 saturated heterocycles. The van der Waals surface area contributed by atoms with Gasteiger partial charge in [0.15, 0.2) is 28.8 Å². The fraction of sp³-hybridized carbons (Fsp3) is 0.431. The predicted octanol–water partition coefficient (Wildman–Crippen LogP) is 9.05. The van der Waals surface area contributed by atoms with Gasteiger partial charge in [-0.15, -0.1) is 0 Å². The van der Waals surface area contributed by atoms with Crippen LogP contribution in [0.4, 0.5) is 0 Å². The molecule has 11 nitrogen and oxygen atoms in total. The predicted molar refractivity (Wildman–Crippen MR) is 235 cm³/mol. The van der Waals surface area contributed by atoms with E-state index < -0.39 is 6.29 Å². The number of methoxy groups -OCH3 is 4. The van der Waals surface area contributed by atoms with Gasteiger partial charge in [0.1, 0.15) is 5.58 Å². The number of furan rings is 1. The second-order valence-corrected chi connectivity index (χ2v) is 17.1. The molecule has 0 bridgehead atoms. The third kappa shape index (κ3) is 8.02. The van der Waals surface area contributed by atoms with E-state index in [-0.39, 0.29) is 42.9 Å². The molecule has 0 unspecified atom stereocenters. The van der Waals surface area contributed by atoms with E-state index in [2.05, 4.69) is 42.2 Å². The summed E-state index contributed by atoms with van der Waals surface area (Å²) in [5.41, 5.74) is 8.44. The van der Waals surface area contributed by atoms with Crippen LogP contribution in [0.3, 0.4) is 0 Å². The van der Waals surface area contributed by atoms with Crippen molar-refractivity contribution in [2.45, 2.75) is 83.0 Å². The van der Waals surface area contributed by atoms with Gasteiger partial charge in [-0.3, -0.25) is 9.69 Å². The van der Waals surface area contributed by atoms with Gasteiger partial charge in [-0.05, 0) is 107 Å². The summed E-state index contributed by atoms with van der Waals surface area (Å²) in [5.74, 6) is 3.56. The van der Waals surface area contributed by atoms with Crippen LogP contribution >= 0.6 is 0 Å². The zero-order valence-electron chi connectivity index (χ0n) is 36.4. The summed E-state index contributed by atoms with van der Waals surface area (Å²) in [4.78, 5) is 20.1. The lowest BCUT2D eigenvalue weighted by atomic mass is 9.72. The number of benzene rings is 4. The molecule has 0 radical (unpaired) electrons. The quantitative estimate of drug-likeness (QED) is 0.123. The van der Waals surface area contributed by atoms with Gasteiger partial charge >= 0.3 is 0 Å². The van der Waals surface area contributed by atoms with Crippen LogP contribution in [0.25, 0.3) is 11.0 Å². The Labute approximate surface area is 364 Å². The molecule has 0 spiro atoms. The first-order valence-corrected chi connectivity index (χ1v) is 22.0. The maximum atomic E-state index is 15.4. The van der Waals surface area contributed by atoms with E-state index in [1.54, 1.807) is 34.7 Å². The molecule has 5 heterocycles. The van der Waals surface area contributed by atoms with Gasteiger partial charge in [-0.1, -0.05) is 55.8 Å². The average Bonchev–Trinajstić information content (AvgIpc) is 3.76. The van der Waals surface area contributed by atoms with Gasteiger partial charge in [-0.2, -0.15) is 0 Å². The van der Waals surface area contributed by atoms with Gasteiger partial charge in [0.2, 0.25) is 6.29 Å². The number of hydrogen-bond acceptors (Lipinski definition) is 10. The Balaban J connectivity index is 1.06. The van der Waals surface area contributed by atoms with Crippen LogP contribution in [0.5, 0.6) is 23.0 Å². The van der Waals surface area contributed by atoms with E-state index in [1.165, 1.54) is 11.1 Å². The van der Waals surface area contributed by atoms with Crippen LogP contribution in [0.1, 0.15) is 89.6 Å². The van der Waals surface area contributed by atoms with Crippen LogP contribution in [-0.2, 0) is 40.3 Å². The van der Waals surface area contributed by atoms with Crippen LogP contribution in [0.15, 0.2) is 95.3 Å².